The molecule has 0 atom stereocenters. The molecule has 0 amide bonds. The number of benzene rings is 1. The largest absolute Gasteiger partial charge is 0.494 e. The SMILES string of the molecule is CCOc1ccc(OCC)c(CCN)c1. The Bertz CT molecular complexity index is 300. The van der Waals surface area contributed by atoms with E-state index in [0.29, 0.717) is 19.8 Å². The quantitative estimate of drug-likeness (QED) is 0.779. The molecule has 0 aromatic heterocycles. The van der Waals surface area contributed by atoms with Gasteiger partial charge >= 0.3 is 0 Å². The summed E-state index contributed by atoms with van der Waals surface area (Å²) >= 11 is 0. The van der Waals surface area contributed by atoms with Crippen LogP contribution < -0.4 is 15.2 Å². The minimum Gasteiger partial charge on any atom is -0.494 e. The van der Waals surface area contributed by atoms with Crippen molar-refractivity contribution in [3.05, 3.63) is 23.8 Å². The average Bonchev–Trinajstić information content (AvgIpc) is 2.23. The molecule has 3 heteroatoms. The van der Waals surface area contributed by atoms with Gasteiger partial charge in [0.25, 0.3) is 0 Å². The Kier molecular flexibility index (Phi) is 4.98. The van der Waals surface area contributed by atoms with Crippen LogP contribution in [0.2, 0.25) is 0 Å². The summed E-state index contributed by atoms with van der Waals surface area (Å²) in [6.07, 6.45) is 0.816. The molecule has 0 heterocycles. The van der Waals surface area contributed by atoms with E-state index in [1.165, 1.54) is 0 Å². The lowest BCUT2D eigenvalue weighted by Crippen LogP contribution is -2.05. The summed E-state index contributed by atoms with van der Waals surface area (Å²) in [5.74, 6) is 1.79. The molecule has 2 N–H and O–H groups in total. The lowest BCUT2D eigenvalue weighted by molar-refractivity contribution is 0.327. The summed E-state index contributed by atoms with van der Waals surface area (Å²) in [7, 11) is 0. The van der Waals surface area contributed by atoms with Crippen molar-refractivity contribution >= 4 is 0 Å². The third-order valence-corrected chi connectivity index (χ3v) is 2.06. The summed E-state index contributed by atoms with van der Waals surface area (Å²) < 4.78 is 10.9. The van der Waals surface area contributed by atoms with Gasteiger partial charge in [-0.2, -0.15) is 0 Å². The molecule has 0 spiro atoms. The van der Waals surface area contributed by atoms with Crippen molar-refractivity contribution in [2.24, 2.45) is 5.73 Å². The lowest BCUT2D eigenvalue weighted by Gasteiger charge is -2.11. The van der Waals surface area contributed by atoms with Crippen LogP contribution in [0.5, 0.6) is 11.5 Å². The summed E-state index contributed by atoms with van der Waals surface area (Å²) in [6.45, 7) is 5.92. The highest BCUT2D eigenvalue weighted by Crippen LogP contribution is 2.24. The molecule has 84 valence electrons. The van der Waals surface area contributed by atoms with E-state index in [1.54, 1.807) is 0 Å². The number of hydrogen-bond donors (Lipinski definition) is 1. The Morgan fingerprint density at radius 2 is 1.87 bits per heavy atom. The van der Waals surface area contributed by atoms with Gasteiger partial charge in [-0.1, -0.05) is 0 Å². The van der Waals surface area contributed by atoms with Gasteiger partial charge in [0.2, 0.25) is 0 Å². The molecule has 0 aliphatic rings. The normalized spacial score (nSPS) is 10.1. The van der Waals surface area contributed by atoms with Crippen LogP contribution >= 0.6 is 0 Å². The van der Waals surface area contributed by atoms with Crippen LogP contribution in [0, 0.1) is 0 Å². The van der Waals surface area contributed by atoms with Crippen LogP contribution in [-0.4, -0.2) is 19.8 Å². The zero-order valence-electron chi connectivity index (χ0n) is 9.45. The lowest BCUT2D eigenvalue weighted by atomic mass is 10.1. The number of hydrogen-bond acceptors (Lipinski definition) is 3. The fourth-order valence-corrected chi connectivity index (χ4v) is 1.46. The standard InChI is InChI=1S/C12H19NO2/c1-3-14-11-5-6-12(15-4-2)10(9-11)7-8-13/h5-6,9H,3-4,7-8,13H2,1-2H3. The molecule has 0 aliphatic heterocycles. The topological polar surface area (TPSA) is 44.5 Å². The van der Waals surface area contributed by atoms with Gasteiger partial charge in [0.05, 0.1) is 13.2 Å². The molecule has 0 bridgehead atoms. The summed E-state index contributed by atoms with van der Waals surface area (Å²) in [5.41, 5.74) is 6.67. The Morgan fingerprint density at radius 3 is 2.47 bits per heavy atom. The van der Waals surface area contributed by atoms with Gasteiger partial charge in [-0.3, -0.25) is 0 Å². The van der Waals surface area contributed by atoms with E-state index in [9.17, 15) is 0 Å². The van der Waals surface area contributed by atoms with E-state index in [4.69, 9.17) is 15.2 Å². The van der Waals surface area contributed by atoms with Crippen molar-refractivity contribution in [3.8, 4) is 11.5 Å². The second-order valence-corrected chi connectivity index (χ2v) is 3.17. The van der Waals surface area contributed by atoms with Crippen LogP contribution in [-0.2, 0) is 6.42 Å². The molecule has 1 rings (SSSR count). The molecular formula is C12H19NO2. The monoisotopic (exact) mass is 209 g/mol. The maximum Gasteiger partial charge on any atom is 0.122 e. The minimum atomic E-state index is 0.621. The van der Waals surface area contributed by atoms with Crippen LogP contribution in [0.1, 0.15) is 19.4 Å². The Balaban J connectivity index is 2.87. The van der Waals surface area contributed by atoms with E-state index in [2.05, 4.69) is 0 Å². The van der Waals surface area contributed by atoms with Crippen LogP contribution in [0.25, 0.3) is 0 Å². The van der Waals surface area contributed by atoms with E-state index in [-0.39, 0.29) is 0 Å². The second kappa shape index (κ2) is 6.30. The third-order valence-electron chi connectivity index (χ3n) is 2.06. The van der Waals surface area contributed by atoms with Gasteiger partial charge in [0.1, 0.15) is 11.5 Å². The van der Waals surface area contributed by atoms with Crippen molar-refractivity contribution < 1.29 is 9.47 Å². The van der Waals surface area contributed by atoms with E-state index in [1.807, 2.05) is 32.0 Å². The Hall–Kier alpha value is -1.22. The first-order valence-electron chi connectivity index (χ1n) is 5.40. The van der Waals surface area contributed by atoms with E-state index < -0.39 is 0 Å². The predicted octanol–water partition coefficient (Wildman–Crippen LogP) is 1.99. The molecule has 0 fully saturated rings. The zero-order valence-corrected chi connectivity index (χ0v) is 9.45. The maximum atomic E-state index is 5.55. The van der Waals surface area contributed by atoms with Gasteiger partial charge in [-0.25, -0.2) is 0 Å². The predicted molar refractivity (Wildman–Crippen MR) is 61.5 cm³/mol. The smallest absolute Gasteiger partial charge is 0.122 e. The van der Waals surface area contributed by atoms with Crippen molar-refractivity contribution in [1.82, 2.24) is 0 Å². The highest BCUT2D eigenvalue weighted by Gasteiger charge is 2.04. The van der Waals surface area contributed by atoms with Gasteiger partial charge in [-0.05, 0) is 50.6 Å². The van der Waals surface area contributed by atoms with Crippen LogP contribution in [0.4, 0.5) is 0 Å². The van der Waals surface area contributed by atoms with Crippen molar-refractivity contribution in [1.29, 1.82) is 0 Å². The van der Waals surface area contributed by atoms with Crippen molar-refractivity contribution in [2.45, 2.75) is 20.3 Å². The average molecular weight is 209 g/mol. The van der Waals surface area contributed by atoms with E-state index in [0.717, 1.165) is 23.5 Å². The van der Waals surface area contributed by atoms with Gasteiger partial charge in [0.15, 0.2) is 0 Å². The molecule has 1 aromatic rings. The number of ether oxygens (including phenoxy) is 2. The highest BCUT2D eigenvalue weighted by molar-refractivity contribution is 5.40. The van der Waals surface area contributed by atoms with Gasteiger partial charge in [-0.15, -0.1) is 0 Å². The van der Waals surface area contributed by atoms with Crippen LogP contribution in [0.3, 0.4) is 0 Å². The first-order chi connectivity index (χ1) is 7.31. The number of rotatable bonds is 6. The molecule has 0 saturated heterocycles. The fourth-order valence-electron chi connectivity index (χ4n) is 1.46. The molecule has 0 radical (unpaired) electrons. The fraction of sp³-hybridized carbons (Fsp3) is 0.500. The zero-order chi connectivity index (χ0) is 11.1. The Morgan fingerprint density at radius 1 is 1.13 bits per heavy atom. The molecule has 15 heavy (non-hydrogen) atoms. The highest BCUT2D eigenvalue weighted by atomic mass is 16.5. The second-order valence-electron chi connectivity index (χ2n) is 3.17. The molecule has 0 unspecified atom stereocenters. The Labute approximate surface area is 91.2 Å². The molecule has 1 aromatic carbocycles. The summed E-state index contributed by atoms with van der Waals surface area (Å²) in [4.78, 5) is 0. The summed E-state index contributed by atoms with van der Waals surface area (Å²) in [6, 6.07) is 5.87. The molecular weight excluding hydrogens is 190 g/mol. The third kappa shape index (κ3) is 3.44. The first kappa shape index (κ1) is 11.9. The minimum absolute atomic E-state index is 0.621. The molecule has 3 nitrogen and oxygen atoms in total. The van der Waals surface area contributed by atoms with Crippen LogP contribution in [0.15, 0.2) is 18.2 Å². The molecule has 0 saturated carbocycles. The van der Waals surface area contributed by atoms with Gasteiger partial charge in [0, 0.05) is 0 Å². The van der Waals surface area contributed by atoms with Crippen molar-refractivity contribution in [3.63, 3.8) is 0 Å². The van der Waals surface area contributed by atoms with Gasteiger partial charge < -0.3 is 15.2 Å². The molecule has 0 aliphatic carbocycles. The van der Waals surface area contributed by atoms with E-state index >= 15 is 0 Å². The first-order valence-corrected chi connectivity index (χ1v) is 5.40. The number of nitrogens with two attached hydrogens (primary N) is 1. The van der Waals surface area contributed by atoms with Crippen molar-refractivity contribution in [2.75, 3.05) is 19.8 Å². The maximum absolute atomic E-state index is 5.55. The summed E-state index contributed by atoms with van der Waals surface area (Å²) in [5, 5.41) is 0.